The zero-order valence-electron chi connectivity index (χ0n) is 13.8. The Morgan fingerprint density at radius 3 is 2.65 bits per heavy atom. The van der Waals surface area contributed by atoms with E-state index in [0.29, 0.717) is 5.92 Å². The maximum atomic E-state index is 12.9. The van der Waals surface area contributed by atoms with E-state index in [0.717, 1.165) is 12.1 Å². The lowest BCUT2D eigenvalue weighted by Gasteiger charge is -2.48. The molecular weight excluding hydrogens is 284 g/mol. The second-order valence-electron chi connectivity index (χ2n) is 7.06. The van der Waals surface area contributed by atoms with Gasteiger partial charge in [-0.25, -0.2) is 0 Å². The van der Waals surface area contributed by atoms with Crippen molar-refractivity contribution in [3.8, 4) is 0 Å². The molecule has 1 heterocycles. The number of amides is 1. The molecule has 0 spiro atoms. The number of benzene rings is 2. The van der Waals surface area contributed by atoms with E-state index in [-0.39, 0.29) is 11.8 Å². The standard InChI is InChI=1S/C20H22N2O/c1-12-11-20(2)18(14-8-6-10-16(21-3)17(12)14)13-7-4-5-9-15(13)22-19(20)23/h4-10,12,18,21H,11H2,1-3H3,(H,22,23)/t12?,18?,20-/m0/s1. The van der Waals surface area contributed by atoms with Crippen molar-refractivity contribution in [1.29, 1.82) is 0 Å². The second-order valence-corrected chi connectivity index (χ2v) is 7.06. The van der Waals surface area contributed by atoms with Gasteiger partial charge in [0.2, 0.25) is 5.91 Å². The third-order valence-corrected chi connectivity index (χ3v) is 5.62. The number of hydrogen-bond donors (Lipinski definition) is 2. The summed E-state index contributed by atoms with van der Waals surface area (Å²) in [6, 6.07) is 14.6. The van der Waals surface area contributed by atoms with Crippen LogP contribution in [0.3, 0.4) is 0 Å². The Hall–Kier alpha value is -2.29. The Kier molecular flexibility index (Phi) is 3.02. The number of anilines is 2. The smallest absolute Gasteiger partial charge is 0.231 e. The van der Waals surface area contributed by atoms with Crippen LogP contribution in [0.1, 0.15) is 48.8 Å². The molecule has 2 aromatic carbocycles. The molecule has 0 fully saturated rings. The van der Waals surface area contributed by atoms with Crippen LogP contribution in [0.2, 0.25) is 0 Å². The van der Waals surface area contributed by atoms with Gasteiger partial charge in [0.05, 0.1) is 5.41 Å². The largest absolute Gasteiger partial charge is 0.388 e. The average Bonchev–Trinajstić information content (AvgIpc) is 2.55. The number of hydrogen-bond acceptors (Lipinski definition) is 2. The summed E-state index contributed by atoms with van der Waals surface area (Å²) in [5.74, 6) is 0.617. The first kappa shape index (κ1) is 14.3. The maximum absolute atomic E-state index is 12.9. The Labute approximate surface area is 137 Å². The molecule has 3 atom stereocenters. The van der Waals surface area contributed by atoms with Gasteiger partial charge in [-0.2, -0.15) is 0 Å². The van der Waals surface area contributed by atoms with E-state index in [1.165, 1.54) is 22.4 Å². The lowest BCUT2D eigenvalue weighted by molar-refractivity contribution is -0.127. The molecule has 1 aliphatic carbocycles. The summed E-state index contributed by atoms with van der Waals surface area (Å²) in [4.78, 5) is 12.9. The van der Waals surface area contributed by atoms with E-state index in [1.807, 2.05) is 19.2 Å². The SMILES string of the molecule is CNc1cccc2c1C(C)C[C@]1(C)C(=O)Nc3ccccc3C21. The Morgan fingerprint density at radius 1 is 1.13 bits per heavy atom. The predicted octanol–water partition coefficient (Wildman–Crippen LogP) is 4.33. The van der Waals surface area contributed by atoms with E-state index in [9.17, 15) is 4.79 Å². The highest BCUT2D eigenvalue weighted by Crippen LogP contribution is 2.57. The first-order chi connectivity index (χ1) is 11.1. The molecule has 23 heavy (non-hydrogen) atoms. The first-order valence-corrected chi connectivity index (χ1v) is 8.27. The van der Waals surface area contributed by atoms with Gasteiger partial charge < -0.3 is 10.6 Å². The fourth-order valence-electron chi connectivity index (χ4n) is 4.66. The lowest BCUT2D eigenvalue weighted by atomic mass is 9.57. The summed E-state index contributed by atoms with van der Waals surface area (Å²) < 4.78 is 0. The van der Waals surface area contributed by atoms with Crippen molar-refractivity contribution in [2.45, 2.75) is 32.1 Å². The van der Waals surface area contributed by atoms with Gasteiger partial charge in [0.1, 0.15) is 0 Å². The summed E-state index contributed by atoms with van der Waals surface area (Å²) in [7, 11) is 1.97. The van der Waals surface area contributed by atoms with Gasteiger partial charge in [0.15, 0.2) is 0 Å². The van der Waals surface area contributed by atoms with Crippen LogP contribution in [0.15, 0.2) is 42.5 Å². The van der Waals surface area contributed by atoms with Crippen molar-refractivity contribution in [3.05, 3.63) is 59.2 Å². The molecule has 0 aromatic heterocycles. The van der Waals surface area contributed by atoms with Crippen molar-refractivity contribution >= 4 is 17.3 Å². The maximum Gasteiger partial charge on any atom is 0.231 e. The summed E-state index contributed by atoms with van der Waals surface area (Å²) in [5, 5.41) is 6.45. The Morgan fingerprint density at radius 2 is 1.87 bits per heavy atom. The molecule has 3 nitrogen and oxygen atoms in total. The van der Waals surface area contributed by atoms with E-state index in [4.69, 9.17) is 0 Å². The fraction of sp³-hybridized carbons (Fsp3) is 0.350. The average molecular weight is 306 g/mol. The van der Waals surface area contributed by atoms with Crippen LogP contribution in [0.4, 0.5) is 11.4 Å². The summed E-state index contributed by atoms with van der Waals surface area (Å²) >= 11 is 0. The molecule has 2 unspecified atom stereocenters. The molecule has 0 saturated heterocycles. The highest BCUT2D eigenvalue weighted by atomic mass is 16.2. The van der Waals surface area contributed by atoms with E-state index in [1.54, 1.807) is 0 Å². The van der Waals surface area contributed by atoms with Crippen molar-refractivity contribution < 1.29 is 4.79 Å². The molecule has 2 aromatic rings. The minimum Gasteiger partial charge on any atom is -0.388 e. The minimum absolute atomic E-state index is 0.118. The zero-order chi connectivity index (χ0) is 16.2. The molecular formula is C20H22N2O. The molecule has 4 rings (SSSR count). The Balaban J connectivity index is 2.02. The van der Waals surface area contributed by atoms with E-state index in [2.05, 4.69) is 54.8 Å². The molecule has 1 aliphatic heterocycles. The van der Waals surface area contributed by atoms with Crippen LogP contribution < -0.4 is 10.6 Å². The zero-order valence-corrected chi connectivity index (χ0v) is 13.8. The normalized spacial score (nSPS) is 28.2. The van der Waals surface area contributed by atoms with Gasteiger partial charge in [-0.15, -0.1) is 0 Å². The van der Waals surface area contributed by atoms with E-state index < -0.39 is 5.41 Å². The van der Waals surface area contributed by atoms with Crippen LogP contribution >= 0.6 is 0 Å². The number of para-hydroxylation sites is 1. The number of fused-ring (bicyclic) bond motifs is 5. The van der Waals surface area contributed by atoms with Crippen LogP contribution in [0.5, 0.6) is 0 Å². The summed E-state index contributed by atoms with van der Waals surface area (Å²) in [6.07, 6.45) is 0.865. The van der Waals surface area contributed by atoms with Gasteiger partial charge >= 0.3 is 0 Å². The molecule has 0 bridgehead atoms. The minimum atomic E-state index is -0.396. The monoisotopic (exact) mass is 306 g/mol. The highest BCUT2D eigenvalue weighted by molar-refractivity contribution is 6.00. The van der Waals surface area contributed by atoms with Crippen molar-refractivity contribution in [1.82, 2.24) is 0 Å². The van der Waals surface area contributed by atoms with Crippen molar-refractivity contribution in [3.63, 3.8) is 0 Å². The molecule has 1 amide bonds. The fourth-order valence-corrected chi connectivity index (χ4v) is 4.66. The highest BCUT2D eigenvalue weighted by Gasteiger charge is 2.51. The first-order valence-electron chi connectivity index (χ1n) is 8.27. The van der Waals surface area contributed by atoms with Crippen molar-refractivity contribution in [2.75, 3.05) is 17.7 Å². The molecule has 3 heteroatoms. The topological polar surface area (TPSA) is 41.1 Å². The molecule has 0 radical (unpaired) electrons. The van der Waals surface area contributed by atoms with Gasteiger partial charge in [0.25, 0.3) is 0 Å². The number of rotatable bonds is 1. The molecule has 2 N–H and O–H groups in total. The van der Waals surface area contributed by atoms with E-state index >= 15 is 0 Å². The number of carbonyl (C=O) groups is 1. The van der Waals surface area contributed by atoms with Gasteiger partial charge in [0, 0.05) is 24.3 Å². The second kappa shape index (κ2) is 4.85. The number of nitrogens with one attached hydrogen (secondary N) is 2. The predicted molar refractivity (Wildman–Crippen MR) is 94.0 cm³/mol. The quantitative estimate of drug-likeness (QED) is 0.823. The van der Waals surface area contributed by atoms with Crippen LogP contribution in [-0.2, 0) is 4.79 Å². The molecule has 118 valence electrons. The van der Waals surface area contributed by atoms with Gasteiger partial charge in [-0.05, 0) is 48.1 Å². The number of carbonyl (C=O) groups excluding carboxylic acids is 1. The third-order valence-electron chi connectivity index (χ3n) is 5.62. The van der Waals surface area contributed by atoms with Crippen molar-refractivity contribution in [2.24, 2.45) is 5.41 Å². The molecule has 0 saturated carbocycles. The lowest BCUT2D eigenvalue weighted by Crippen LogP contribution is -2.46. The van der Waals surface area contributed by atoms with Crippen LogP contribution in [0.25, 0.3) is 0 Å². The van der Waals surface area contributed by atoms with Gasteiger partial charge in [-0.3, -0.25) is 4.79 Å². The summed E-state index contributed by atoms with van der Waals surface area (Å²) in [5.41, 5.74) is 5.63. The molecule has 2 aliphatic rings. The Bertz CT molecular complexity index is 798. The van der Waals surface area contributed by atoms with Crippen LogP contribution in [-0.4, -0.2) is 13.0 Å². The third kappa shape index (κ3) is 1.86. The summed E-state index contributed by atoms with van der Waals surface area (Å²) in [6.45, 7) is 4.35. The van der Waals surface area contributed by atoms with Crippen LogP contribution in [0, 0.1) is 5.41 Å². The van der Waals surface area contributed by atoms with Gasteiger partial charge in [-0.1, -0.05) is 37.3 Å².